The van der Waals surface area contributed by atoms with E-state index in [0.29, 0.717) is 0 Å². The zero-order valence-electron chi connectivity index (χ0n) is 7.88. The van der Waals surface area contributed by atoms with Gasteiger partial charge in [0.25, 0.3) is 0 Å². The third kappa shape index (κ3) is 520. The molecule has 6 heteroatoms. The smallest absolute Gasteiger partial charge is 0.466 e. The van der Waals surface area contributed by atoms with E-state index in [2.05, 4.69) is 31.7 Å². The lowest BCUT2D eigenvalue weighted by Crippen LogP contribution is -1.66. The second-order valence-corrected chi connectivity index (χ2v) is 2.72. The number of phosphoric acid groups is 1. The van der Waals surface area contributed by atoms with Gasteiger partial charge in [-0.2, -0.15) is 0 Å². The van der Waals surface area contributed by atoms with E-state index in [1.54, 1.807) is 0 Å². The van der Waals surface area contributed by atoms with Crippen LogP contribution in [0.25, 0.3) is 0 Å². The molecule has 0 unspecified atom stereocenters. The van der Waals surface area contributed by atoms with Gasteiger partial charge in [-0.25, -0.2) is 4.57 Å². The fourth-order valence-electron chi connectivity index (χ4n) is 0.0680. The van der Waals surface area contributed by atoms with Crippen molar-refractivity contribution in [2.75, 3.05) is 0 Å². The maximum atomic E-state index is 8.88. The van der Waals surface area contributed by atoms with Gasteiger partial charge in [-0.15, -0.1) is 0 Å². The lowest BCUT2D eigenvalue weighted by Gasteiger charge is -1.82. The highest BCUT2D eigenvalue weighted by Gasteiger charge is 2.00. The van der Waals surface area contributed by atoms with Crippen LogP contribution in [0.4, 0.5) is 0 Å². The summed E-state index contributed by atoms with van der Waals surface area (Å²) in [7, 11) is -4.64. The van der Waals surface area contributed by atoms with Crippen molar-refractivity contribution in [3.05, 3.63) is 25.7 Å². The third-order valence-corrected chi connectivity index (χ3v) is 0.192. The van der Waals surface area contributed by atoms with Crippen molar-refractivity contribution >= 4 is 7.82 Å². The maximum absolute atomic E-state index is 8.88. The van der Waals surface area contributed by atoms with Crippen molar-refractivity contribution in [3.8, 4) is 0 Å². The van der Waals surface area contributed by atoms with Gasteiger partial charge >= 0.3 is 7.82 Å². The molecule has 0 aromatic heterocycles. The van der Waals surface area contributed by atoms with Crippen molar-refractivity contribution in [1.82, 2.24) is 0 Å². The van der Waals surface area contributed by atoms with Crippen LogP contribution in [0.1, 0.15) is 20.3 Å². The summed E-state index contributed by atoms with van der Waals surface area (Å²) in [5.74, 6) is 0. The number of ether oxygens (including phenoxy) is 1. The predicted molar refractivity (Wildman–Crippen MR) is 51.7 cm³/mol. The van der Waals surface area contributed by atoms with E-state index in [0.717, 1.165) is 0 Å². The van der Waals surface area contributed by atoms with Crippen molar-refractivity contribution < 1.29 is 24.0 Å². The summed E-state index contributed by atoms with van der Waals surface area (Å²) in [6.45, 7) is 10.8. The quantitative estimate of drug-likeness (QED) is 0.479. The fraction of sp³-hybridized carbons (Fsp3) is 0.429. The van der Waals surface area contributed by atoms with Crippen LogP contribution in [-0.4, -0.2) is 14.7 Å². The fourth-order valence-corrected chi connectivity index (χ4v) is 0.0680. The highest BCUT2D eigenvalue weighted by Crippen LogP contribution is 2.25. The molecule has 0 heterocycles. The average Bonchev–Trinajstić information content (AvgIpc) is 1.87. The van der Waals surface area contributed by atoms with Crippen molar-refractivity contribution in [3.63, 3.8) is 0 Å². The molecule has 0 atom stereocenters. The first kappa shape index (κ1) is 18.2. The Kier molecular flexibility index (Phi) is 19.6. The van der Waals surface area contributed by atoms with Crippen LogP contribution in [0.2, 0.25) is 0 Å². The highest BCUT2D eigenvalue weighted by atomic mass is 31.2. The average molecular weight is 212 g/mol. The molecular formula is C7H17O5P. The summed E-state index contributed by atoms with van der Waals surface area (Å²) in [6.07, 6.45) is 3.88. The molecule has 0 aliphatic rings. The molecule has 0 saturated heterocycles. The van der Waals surface area contributed by atoms with E-state index in [4.69, 9.17) is 19.2 Å². The zero-order chi connectivity index (χ0) is 11.3. The molecule has 5 nitrogen and oxygen atoms in total. The Bertz CT molecular complexity index is 137. The van der Waals surface area contributed by atoms with Crippen LogP contribution in [0.3, 0.4) is 0 Å². The van der Waals surface area contributed by atoms with Gasteiger partial charge in [0.1, 0.15) is 0 Å². The van der Waals surface area contributed by atoms with Crippen LogP contribution < -0.4 is 0 Å². The monoisotopic (exact) mass is 212 g/mol. The van der Waals surface area contributed by atoms with Gasteiger partial charge in [0.15, 0.2) is 0 Å². The molecule has 0 rings (SSSR count). The second kappa shape index (κ2) is 13.9. The third-order valence-electron chi connectivity index (χ3n) is 0.192. The van der Waals surface area contributed by atoms with E-state index in [-0.39, 0.29) is 0 Å². The summed E-state index contributed by atoms with van der Waals surface area (Å²) in [5, 5.41) is 0. The molecule has 0 aliphatic heterocycles. The first-order valence-electron chi connectivity index (χ1n) is 3.48. The van der Waals surface area contributed by atoms with E-state index >= 15 is 0 Å². The molecular weight excluding hydrogens is 195 g/mol. The van der Waals surface area contributed by atoms with E-state index in [1.807, 2.05) is 0 Å². The molecule has 0 saturated carbocycles. The van der Waals surface area contributed by atoms with Crippen molar-refractivity contribution in [2.45, 2.75) is 20.3 Å². The van der Waals surface area contributed by atoms with Gasteiger partial charge in [-0.05, 0) is 0 Å². The standard InChI is InChI=1S/C4H6O.C3H8.H3O4P/c1-3-5-4-2;1-3-2;1-5(2,3)4/h3-4H,1-2H2;3H2,1-2H3;(H3,1,2,3,4). The maximum Gasteiger partial charge on any atom is 0.466 e. The molecule has 0 radical (unpaired) electrons. The minimum Gasteiger partial charge on any atom is -0.474 e. The Hall–Kier alpha value is -0.610. The van der Waals surface area contributed by atoms with Crippen LogP contribution >= 0.6 is 7.82 Å². The van der Waals surface area contributed by atoms with E-state index < -0.39 is 7.82 Å². The van der Waals surface area contributed by atoms with Gasteiger partial charge in [-0.3, -0.25) is 0 Å². The van der Waals surface area contributed by atoms with Crippen molar-refractivity contribution in [1.29, 1.82) is 0 Å². The van der Waals surface area contributed by atoms with Gasteiger partial charge in [0, 0.05) is 0 Å². The van der Waals surface area contributed by atoms with Crippen molar-refractivity contribution in [2.24, 2.45) is 0 Å². The lowest BCUT2D eigenvalue weighted by atomic mass is 10.6. The Morgan fingerprint density at radius 3 is 1.38 bits per heavy atom. The topological polar surface area (TPSA) is 87.0 Å². The van der Waals surface area contributed by atoms with Gasteiger partial charge in [0.2, 0.25) is 0 Å². The molecule has 0 aromatic carbocycles. The molecule has 0 aromatic rings. The first-order valence-corrected chi connectivity index (χ1v) is 5.05. The summed E-state index contributed by atoms with van der Waals surface area (Å²) < 4.78 is 13.2. The second-order valence-electron chi connectivity index (χ2n) is 1.69. The molecule has 13 heavy (non-hydrogen) atoms. The van der Waals surface area contributed by atoms with Crippen LogP contribution in [0.15, 0.2) is 25.7 Å². The molecule has 80 valence electrons. The number of hydrogen-bond donors (Lipinski definition) is 3. The molecule has 0 spiro atoms. The Morgan fingerprint density at radius 1 is 1.23 bits per heavy atom. The largest absolute Gasteiger partial charge is 0.474 e. The zero-order valence-corrected chi connectivity index (χ0v) is 8.78. The van der Waals surface area contributed by atoms with E-state index in [1.165, 1.54) is 18.9 Å². The Morgan fingerprint density at radius 2 is 1.38 bits per heavy atom. The minimum absolute atomic E-state index is 1.25. The Balaban J connectivity index is -0.000000120. The summed E-state index contributed by atoms with van der Waals surface area (Å²) in [6, 6.07) is 0. The highest BCUT2D eigenvalue weighted by molar-refractivity contribution is 7.45. The molecule has 0 aliphatic carbocycles. The summed E-state index contributed by atoms with van der Waals surface area (Å²) in [5.41, 5.74) is 0. The van der Waals surface area contributed by atoms with Gasteiger partial charge < -0.3 is 19.4 Å². The van der Waals surface area contributed by atoms with Gasteiger partial charge in [0.05, 0.1) is 12.5 Å². The minimum atomic E-state index is -4.64. The SMILES string of the molecule is C=COC=C.CCC.O=P(O)(O)O. The summed E-state index contributed by atoms with van der Waals surface area (Å²) in [4.78, 5) is 21.6. The first-order chi connectivity index (χ1) is 5.83. The number of rotatable bonds is 2. The normalized spacial score (nSPS) is 8.08. The molecule has 0 amide bonds. The molecule has 3 N–H and O–H groups in total. The summed E-state index contributed by atoms with van der Waals surface area (Å²) >= 11 is 0. The lowest BCUT2D eigenvalue weighted by molar-refractivity contribution is 0.275. The Labute approximate surface area is 78.6 Å². The van der Waals surface area contributed by atoms with Gasteiger partial charge in [-0.1, -0.05) is 33.4 Å². The van der Waals surface area contributed by atoms with Crippen LogP contribution in [-0.2, 0) is 9.30 Å². The molecule has 0 bridgehead atoms. The van der Waals surface area contributed by atoms with E-state index in [9.17, 15) is 0 Å². The number of hydrogen-bond acceptors (Lipinski definition) is 2. The predicted octanol–water partition coefficient (Wildman–Crippen LogP) is 1.78. The van der Waals surface area contributed by atoms with Crippen LogP contribution in [0, 0.1) is 0 Å². The molecule has 0 fully saturated rings. The van der Waals surface area contributed by atoms with Crippen LogP contribution in [0.5, 0.6) is 0 Å².